The van der Waals surface area contributed by atoms with Gasteiger partial charge in [-0.25, -0.2) is 0 Å². The van der Waals surface area contributed by atoms with Crippen molar-refractivity contribution in [1.29, 1.82) is 0 Å². The van der Waals surface area contributed by atoms with Crippen molar-refractivity contribution in [3.8, 4) is 0 Å². The minimum atomic E-state index is 0.165. The Bertz CT molecular complexity index is 207. The molecule has 0 aliphatic heterocycles. The third-order valence-electron chi connectivity index (χ3n) is 3.52. The summed E-state index contributed by atoms with van der Waals surface area (Å²) < 4.78 is 0. The SMILES string of the molecule is CCCCC(CC)CNCCC(=O)NC(C)CC. The zero-order valence-corrected chi connectivity index (χ0v) is 12.7. The van der Waals surface area contributed by atoms with Crippen LogP contribution in [0.2, 0.25) is 0 Å². The summed E-state index contributed by atoms with van der Waals surface area (Å²) in [4.78, 5) is 11.5. The van der Waals surface area contributed by atoms with Gasteiger partial charge >= 0.3 is 0 Å². The van der Waals surface area contributed by atoms with Crippen LogP contribution in [0.3, 0.4) is 0 Å². The maximum absolute atomic E-state index is 11.5. The molecular weight excluding hydrogens is 224 g/mol. The highest BCUT2D eigenvalue weighted by molar-refractivity contribution is 5.76. The Hall–Kier alpha value is -0.570. The Balaban J connectivity index is 3.55. The molecule has 0 aliphatic rings. The summed E-state index contributed by atoms with van der Waals surface area (Å²) in [5.41, 5.74) is 0. The number of nitrogens with one attached hydrogen (secondary N) is 2. The molecule has 2 atom stereocenters. The van der Waals surface area contributed by atoms with Crippen molar-refractivity contribution >= 4 is 5.91 Å². The largest absolute Gasteiger partial charge is 0.354 e. The van der Waals surface area contributed by atoms with Crippen molar-refractivity contribution < 1.29 is 4.79 Å². The summed E-state index contributed by atoms with van der Waals surface area (Å²) in [6.45, 7) is 10.5. The first-order chi connectivity index (χ1) is 8.63. The molecule has 0 aromatic rings. The van der Waals surface area contributed by atoms with Gasteiger partial charge in [-0.3, -0.25) is 4.79 Å². The van der Waals surface area contributed by atoms with E-state index in [1.54, 1.807) is 0 Å². The Morgan fingerprint density at radius 1 is 1.17 bits per heavy atom. The van der Waals surface area contributed by atoms with Gasteiger partial charge in [-0.2, -0.15) is 0 Å². The van der Waals surface area contributed by atoms with Crippen molar-refractivity contribution in [3.63, 3.8) is 0 Å². The first-order valence-corrected chi connectivity index (χ1v) is 7.64. The maximum atomic E-state index is 11.5. The Kier molecular flexibility index (Phi) is 11.2. The predicted octanol–water partition coefficient (Wildman–Crippen LogP) is 3.10. The molecule has 0 spiro atoms. The summed E-state index contributed by atoms with van der Waals surface area (Å²) in [6, 6.07) is 0.297. The van der Waals surface area contributed by atoms with Crippen LogP contribution in [0.25, 0.3) is 0 Å². The van der Waals surface area contributed by atoms with Crippen LogP contribution in [0.1, 0.15) is 66.2 Å². The predicted molar refractivity (Wildman–Crippen MR) is 78.7 cm³/mol. The van der Waals surface area contributed by atoms with Crippen LogP contribution >= 0.6 is 0 Å². The van der Waals surface area contributed by atoms with Crippen LogP contribution in [0.15, 0.2) is 0 Å². The fourth-order valence-corrected chi connectivity index (χ4v) is 1.90. The van der Waals surface area contributed by atoms with E-state index in [1.165, 1.54) is 25.7 Å². The third-order valence-corrected chi connectivity index (χ3v) is 3.52. The molecule has 0 saturated carbocycles. The van der Waals surface area contributed by atoms with Crippen LogP contribution in [-0.2, 0) is 4.79 Å². The maximum Gasteiger partial charge on any atom is 0.221 e. The number of hydrogen-bond acceptors (Lipinski definition) is 2. The van der Waals surface area contributed by atoms with Crippen molar-refractivity contribution in [3.05, 3.63) is 0 Å². The van der Waals surface area contributed by atoms with E-state index in [1.807, 2.05) is 6.92 Å². The molecule has 0 fully saturated rings. The second kappa shape index (κ2) is 11.5. The van der Waals surface area contributed by atoms with E-state index < -0.39 is 0 Å². The molecule has 1 amide bonds. The van der Waals surface area contributed by atoms with E-state index in [0.29, 0.717) is 12.5 Å². The van der Waals surface area contributed by atoms with Gasteiger partial charge in [0.25, 0.3) is 0 Å². The number of amides is 1. The summed E-state index contributed by atoms with van der Waals surface area (Å²) in [6.07, 6.45) is 6.70. The normalized spacial score (nSPS) is 14.2. The van der Waals surface area contributed by atoms with Crippen molar-refractivity contribution in [1.82, 2.24) is 10.6 Å². The number of hydrogen-bond donors (Lipinski definition) is 2. The van der Waals surface area contributed by atoms with Crippen molar-refractivity contribution in [2.75, 3.05) is 13.1 Å². The molecule has 0 bridgehead atoms. The van der Waals surface area contributed by atoms with Gasteiger partial charge in [-0.05, 0) is 32.2 Å². The minimum absolute atomic E-state index is 0.165. The molecule has 2 unspecified atom stereocenters. The minimum Gasteiger partial charge on any atom is -0.354 e. The zero-order valence-electron chi connectivity index (χ0n) is 12.7. The van der Waals surface area contributed by atoms with Crippen LogP contribution in [-0.4, -0.2) is 25.0 Å². The lowest BCUT2D eigenvalue weighted by molar-refractivity contribution is -0.121. The van der Waals surface area contributed by atoms with Gasteiger partial charge < -0.3 is 10.6 Å². The first-order valence-electron chi connectivity index (χ1n) is 7.64. The molecule has 0 saturated heterocycles. The lowest BCUT2D eigenvalue weighted by Crippen LogP contribution is -2.34. The van der Waals surface area contributed by atoms with Gasteiger partial charge in [0, 0.05) is 19.0 Å². The summed E-state index contributed by atoms with van der Waals surface area (Å²) in [7, 11) is 0. The molecule has 0 aromatic heterocycles. The summed E-state index contributed by atoms with van der Waals surface area (Å²) in [5, 5.41) is 6.39. The molecule has 0 radical (unpaired) electrons. The molecule has 2 N–H and O–H groups in total. The highest BCUT2D eigenvalue weighted by atomic mass is 16.1. The lowest BCUT2D eigenvalue weighted by atomic mass is 9.99. The fraction of sp³-hybridized carbons (Fsp3) is 0.933. The quantitative estimate of drug-likeness (QED) is 0.558. The zero-order chi connectivity index (χ0) is 13.8. The Labute approximate surface area is 113 Å². The van der Waals surface area contributed by atoms with Gasteiger partial charge in [-0.15, -0.1) is 0 Å². The average Bonchev–Trinajstić information content (AvgIpc) is 2.37. The van der Waals surface area contributed by atoms with Gasteiger partial charge in [0.2, 0.25) is 5.91 Å². The van der Waals surface area contributed by atoms with Gasteiger partial charge in [0.1, 0.15) is 0 Å². The summed E-state index contributed by atoms with van der Waals surface area (Å²) in [5.74, 6) is 0.932. The van der Waals surface area contributed by atoms with Gasteiger partial charge in [-0.1, -0.05) is 40.0 Å². The molecule has 0 heterocycles. The molecule has 0 rings (SSSR count). The summed E-state index contributed by atoms with van der Waals surface area (Å²) >= 11 is 0. The number of carbonyl (C=O) groups is 1. The van der Waals surface area contributed by atoms with Gasteiger partial charge in [0.05, 0.1) is 0 Å². The molecule has 0 aromatic carbocycles. The molecule has 3 nitrogen and oxygen atoms in total. The van der Waals surface area contributed by atoms with Crippen molar-refractivity contribution in [2.24, 2.45) is 5.92 Å². The van der Waals surface area contributed by atoms with Crippen LogP contribution in [0, 0.1) is 5.92 Å². The number of unbranched alkanes of at least 4 members (excludes halogenated alkanes) is 1. The monoisotopic (exact) mass is 256 g/mol. The van der Waals surface area contributed by atoms with E-state index in [9.17, 15) is 4.79 Å². The van der Waals surface area contributed by atoms with Crippen LogP contribution in [0.5, 0.6) is 0 Å². The third kappa shape index (κ3) is 9.46. The topological polar surface area (TPSA) is 41.1 Å². The molecule has 0 aliphatic carbocycles. The highest BCUT2D eigenvalue weighted by Crippen LogP contribution is 2.10. The van der Waals surface area contributed by atoms with Crippen molar-refractivity contribution in [2.45, 2.75) is 72.3 Å². The number of carbonyl (C=O) groups excluding carboxylic acids is 1. The Morgan fingerprint density at radius 3 is 2.44 bits per heavy atom. The second-order valence-electron chi connectivity index (χ2n) is 5.25. The highest BCUT2D eigenvalue weighted by Gasteiger charge is 2.07. The average molecular weight is 256 g/mol. The van der Waals surface area contributed by atoms with E-state index in [4.69, 9.17) is 0 Å². The van der Waals surface area contributed by atoms with Gasteiger partial charge in [0.15, 0.2) is 0 Å². The van der Waals surface area contributed by atoms with E-state index in [-0.39, 0.29) is 5.91 Å². The van der Waals surface area contributed by atoms with Crippen LogP contribution < -0.4 is 10.6 Å². The molecule has 3 heteroatoms. The van der Waals surface area contributed by atoms with Crippen LogP contribution in [0.4, 0.5) is 0 Å². The smallest absolute Gasteiger partial charge is 0.221 e. The fourth-order valence-electron chi connectivity index (χ4n) is 1.90. The molecule has 108 valence electrons. The second-order valence-corrected chi connectivity index (χ2v) is 5.25. The van der Waals surface area contributed by atoms with E-state index in [2.05, 4.69) is 31.4 Å². The molecule has 18 heavy (non-hydrogen) atoms. The standard InChI is InChI=1S/C15H32N2O/c1-5-8-9-14(7-3)12-16-11-10-15(18)17-13(4)6-2/h13-14,16H,5-12H2,1-4H3,(H,17,18). The Morgan fingerprint density at radius 2 is 1.89 bits per heavy atom. The van der Waals surface area contributed by atoms with E-state index >= 15 is 0 Å². The number of rotatable bonds is 11. The molecular formula is C15H32N2O. The first kappa shape index (κ1) is 17.4. The van der Waals surface area contributed by atoms with E-state index in [0.717, 1.165) is 25.4 Å². The lowest BCUT2D eigenvalue weighted by Gasteiger charge is -2.15.